The van der Waals surface area contributed by atoms with Crippen molar-refractivity contribution in [3.63, 3.8) is 0 Å². The maximum atomic E-state index is 11.9. The molecule has 0 saturated heterocycles. The third-order valence-corrected chi connectivity index (χ3v) is 3.92. The Balaban J connectivity index is 1.59. The van der Waals surface area contributed by atoms with E-state index in [2.05, 4.69) is 10.3 Å². The van der Waals surface area contributed by atoms with E-state index in [9.17, 15) is 4.79 Å². The number of hydrogen-bond acceptors (Lipinski definition) is 2. The molecule has 0 saturated carbocycles. The molecule has 0 aliphatic heterocycles. The summed E-state index contributed by atoms with van der Waals surface area (Å²) >= 11 is 6.04. The van der Waals surface area contributed by atoms with Crippen LogP contribution in [0.3, 0.4) is 0 Å². The van der Waals surface area contributed by atoms with Gasteiger partial charge in [0.05, 0.1) is 6.26 Å². The summed E-state index contributed by atoms with van der Waals surface area (Å²) < 4.78 is 5.25. The highest BCUT2D eigenvalue weighted by atomic mass is 35.5. The fourth-order valence-electron chi connectivity index (χ4n) is 2.50. The first-order valence-corrected chi connectivity index (χ1v) is 7.77. The fraction of sp³-hybridized carbons (Fsp3) is 0.167. The van der Waals surface area contributed by atoms with Gasteiger partial charge < -0.3 is 14.7 Å². The van der Waals surface area contributed by atoms with E-state index in [4.69, 9.17) is 16.0 Å². The topological polar surface area (TPSA) is 58.0 Å². The number of carbonyl (C=O) groups excluding carboxylic acids is 1. The molecule has 118 valence electrons. The van der Waals surface area contributed by atoms with Gasteiger partial charge in [-0.3, -0.25) is 4.79 Å². The number of fused-ring (bicyclic) bond motifs is 1. The molecule has 0 unspecified atom stereocenters. The predicted octanol–water partition coefficient (Wildman–Crippen LogP) is 4.18. The van der Waals surface area contributed by atoms with E-state index in [0.29, 0.717) is 17.3 Å². The number of halogens is 1. The first kappa shape index (κ1) is 15.4. The molecule has 0 bridgehead atoms. The van der Waals surface area contributed by atoms with Crippen LogP contribution in [0.1, 0.15) is 18.2 Å². The summed E-state index contributed by atoms with van der Waals surface area (Å²) in [6.45, 7) is 2.40. The van der Waals surface area contributed by atoms with Crippen LogP contribution >= 0.6 is 11.6 Å². The van der Waals surface area contributed by atoms with E-state index < -0.39 is 0 Å². The van der Waals surface area contributed by atoms with Crippen molar-refractivity contribution < 1.29 is 9.21 Å². The van der Waals surface area contributed by atoms with Gasteiger partial charge in [0.1, 0.15) is 5.76 Å². The molecule has 2 aromatic heterocycles. The second kappa shape index (κ2) is 6.75. The largest absolute Gasteiger partial charge is 0.465 e. The van der Waals surface area contributed by atoms with Gasteiger partial charge in [0.25, 0.3) is 0 Å². The Morgan fingerprint density at radius 1 is 1.39 bits per heavy atom. The first-order valence-electron chi connectivity index (χ1n) is 7.39. The number of benzene rings is 1. The molecular formula is C18H17ClN2O2. The van der Waals surface area contributed by atoms with Crippen LogP contribution in [0.25, 0.3) is 16.5 Å². The van der Waals surface area contributed by atoms with Crippen LogP contribution < -0.4 is 5.32 Å². The number of H-pyrrole nitrogens is 1. The van der Waals surface area contributed by atoms with Gasteiger partial charge in [0, 0.05) is 34.7 Å². The minimum Gasteiger partial charge on any atom is -0.465 e. The van der Waals surface area contributed by atoms with E-state index in [-0.39, 0.29) is 5.91 Å². The molecule has 0 aliphatic rings. The number of hydrogen-bond donors (Lipinski definition) is 2. The fourth-order valence-corrected chi connectivity index (χ4v) is 2.67. The molecule has 1 amide bonds. The zero-order valence-electron chi connectivity index (χ0n) is 12.7. The van der Waals surface area contributed by atoms with E-state index >= 15 is 0 Å². The molecule has 1 aromatic carbocycles. The molecule has 3 aromatic rings. The van der Waals surface area contributed by atoms with Crippen molar-refractivity contribution in [2.24, 2.45) is 0 Å². The van der Waals surface area contributed by atoms with Gasteiger partial charge in [-0.05, 0) is 54.8 Å². The zero-order chi connectivity index (χ0) is 16.2. The third-order valence-electron chi connectivity index (χ3n) is 3.68. The normalized spacial score (nSPS) is 11.8. The van der Waals surface area contributed by atoms with Crippen LogP contribution in [0.15, 0.2) is 53.3 Å². The van der Waals surface area contributed by atoms with Crippen LogP contribution in [0.5, 0.6) is 0 Å². The number of aromatic nitrogens is 1. The van der Waals surface area contributed by atoms with Gasteiger partial charge in [-0.15, -0.1) is 0 Å². The van der Waals surface area contributed by atoms with Crippen LogP contribution in [-0.4, -0.2) is 17.4 Å². The number of rotatable bonds is 5. The number of furan rings is 1. The Labute approximate surface area is 139 Å². The summed E-state index contributed by atoms with van der Waals surface area (Å²) in [6, 6.07) is 9.37. The zero-order valence-corrected chi connectivity index (χ0v) is 13.5. The predicted molar refractivity (Wildman–Crippen MR) is 92.4 cm³/mol. The van der Waals surface area contributed by atoms with E-state index in [1.807, 2.05) is 37.4 Å². The van der Waals surface area contributed by atoms with Gasteiger partial charge in [-0.2, -0.15) is 0 Å². The summed E-state index contributed by atoms with van der Waals surface area (Å²) in [5, 5.41) is 4.69. The molecule has 3 rings (SSSR count). The van der Waals surface area contributed by atoms with Crippen LogP contribution in [-0.2, 0) is 11.2 Å². The molecule has 23 heavy (non-hydrogen) atoms. The molecule has 0 spiro atoms. The lowest BCUT2D eigenvalue weighted by Gasteiger charge is -2.03. The minimum atomic E-state index is -0.128. The summed E-state index contributed by atoms with van der Waals surface area (Å²) in [5.74, 6) is 0.572. The van der Waals surface area contributed by atoms with Crippen molar-refractivity contribution in [1.82, 2.24) is 10.3 Å². The van der Waals surface area contributed by atoms with Gasteiger partial charge in [-0.1, -0.05) is 11.6 Å². The van der Waals surface area contributed by atoms with Crippen molar-refractivity contribution >= 4 is 34.0 Å². The van der Waals surface area contributed by atoms with Crippen molar-refractivity contribution in [2.75, 3.05) is 6.54 Å². The Morgan fingerprint density at radius 2 is 2.26 bits per heavy atom. The van der Waals surface area contributed by atoms with Crippen molar-refractivity contribution in [3.8, 4) is 0 Å². The lowest BCUT2D eigenvalue weighted by atomic mass is 10.1. The summed E-state index contributed by atoms with van der Waals surface area (Å²) in [4.78, 5) is 15.1. The van der Waals surface area contributed by atoms with Crippen LogP contribution in [0.4, 0.5) is 0 Å². The Bertz CT molecular complexity index is 847. The Hall–Kier alpha value is -2.46. The molecule has 2 heterocycles. The molecule has 5 heteroatoms. The smallest absolute Gasteiger partial charge is 0.244 e. The monoisotopic (exact) mass is 328 g/mol. The summed E-state index contributed by atoms with van der Waals surface area (Å²) in [7, 11) is 0. The Morgan fingerprint density at radius 3 is 3.04 bits per heavy atom. The molecular weight excluding hydrogens is 312 g/mol. The highest BCUT2D eigenvalue weighted by Gasteiger charge is 2.06. The average molecular weight is 329 g/mol. The number of nitrogens with one attached hydrogen (secondary N) is 2. The highest BCUT2D eigenvalue weighted by Crippen LogP contribution is 2.22. The van der Waals surface area contributed by atoms with Crippen molar-refractivity contribution in [3.05, 3.63) is 65.2 Å². The SMILES string of the molecule is CC(=CC(=O)NCCc1c[nH]c2ccc(Cl)cc12)c1ccco1. The second-order valence-electron chi connectivity index (χ2n) is 5.35. The number of amides is 1. The number of carbonyl (C=O) groups is 1. The third kappa shape index (κ3) is 3.66. The van der Waals surface area contributed by atoms with Gasteiger partial charge in [0.2, 0.25) is 5.91 Å². The average Bonchev–Trinajstić information content (AvgIpc) is 3.17. The van der Waals surface area contributed by atoms with E-state index in [1.54, 1.807) is 18.4 Å². The van der Waals surface area contributed by atoms with Crippen LogP contribution in [0, 0.1) is 0 Å². The molecule has 0 radical (unpaired) electrons. The summed E-state index contributed by atoms with van der Waals surface area (Å²) in [6.07, 6.45) is 5.83. The van der Waals surface area contributed by atoms with Gasteiger partial charge in [-0.25, -0.2) is 0 Å². The Kier molecular flexibility index (Phi) is 4.53. The maximum absolute atomic E-state index is 11.9. The number of allylic oxidation sites excluding steroid dienone is 1. The first-order chi connectivity index (χ1) is 11.1. The number of aromatic amines is 1. The van der Waals surface area contributed by atoms with Crippen molar-refractivity contribution in [2.45, 2.75) is 13.3 Å². The quantitative estimate of drug-likeness (QED) is 0.690. The maximum Gasteiger partial charge on any atom is 0.244 e. The minimum absolute atomic E-state index is 0.128. The molecule has 0 aliphatic carbocycles. The standard InChI is InChI=1S/C18H17ClN2O2/c1-12(17-3-2-8-23-17)9-18(22)20-7-6-13-11-21-16-5-4-14(19)10-15(13)16/h2-5,8-11,21H,6-7H2,1H3,(H,20,22). The lowest BCUT2D eigenvalue weighted by Crippen LogP contribution is -2.23. The van der Waals surface area contributed by atoms with Gasteiger partial charge in [0.15, 0.2) is 0 Å². The summed E-state index contributed by atoms with van der Waals surface area (Å²) in [5.41, 5.74) is 2.98. The second-order valence-corrected chi connectivity index (χ2v) is 5.79. The molecule has 4 nitrogen and oxygen atoms in total. The van der Waals surface area contributed by atoms with Crippen LogP contribution in [0.2, 0.25) is 5.02 Å². The molecule has 0 fully saturated rings. The highest BCUT2D eigenvalue weighted by molar-refractivity contribution is 6.31. The van der Waals surface area contributed by atoms with E-state index in [1.165, 1.54) is 0 Å². The molecule has 0 atom stereocenters. The van der Waals surface area contributed by atoms with Gasteiger partial charge >= 0.3 is 0 Å². The molecule has 2 N–H and O–H groups in total. The van der Waals surface area contributed by atoms with E-state index in [0.717, 1.165) is 28.5 Å². The van der Waals surface area contributed by atoms with Crippen molar-refractivity contribution in [1.29, 1.82) is 0 Å². The lowest BCUT2D eigenvalue weighted by molar-refractivity contribution is -0.116.